The minimum atomic E-state index is 0.300. The molecule has 0 aromatic heterocycles. The Morgan fingerprint density at radius 3 is 1.00 bits per heavy atom. The number of aliphatic hydroxyl groups is 2. The first-order valence-corrected chi connectivity index (χ1v) is 2.10. The molecular formula is C2H8O3Zr. The average Bonchev–Trinajstić information content (AvgIpc) is 1.81. The van der Waals surface area contributed by atoms with Gasteiger partial charge in [0.2, 0.25) is 0 Å². The maximum absolute atomic E-state index is 8.34. The number of hydrogen-bond acceptors (Lipinski definition) is 3. The molecule has 0 aromatic rings. The van der Waals surface area contributed by atoms with E-state index in [4.69, 9.17) is 13.0 Å². The van der Waals surface area contributed by atoms with E-state index in [2.05, 4.69) is 0 Å². The van der Waals surface area contributed by atoms with Crippen LogP contribution in [0.1, 0.15) is 0 Å². The van der Waals surface area contributed by atoms with Gasteiger partial charge in [0.25, 0.3) is 0 Å². The van der Waals surface area contributed by atoms with Crippen molar-refractivity contribution in [2.24, 2.45) is 0 Å². The molecular weight excluding hydrogens is 163 g/mol. The van der Waals surface area contributed by atoms with Gasteiger partial charge < -0.3 is 10.2 Å². The zero-order chi connectivity index (χ0) is 6.00. The first-order chi connectivity index (χ1) is 3.00. The number of hydrogen-bond donors (Lipinski definition) is 2. The van der Waals surface area contributed by atoms with Crippen LogP contribution in [0.15, 0.2) is 0 Å². The van der Waals surface area contributed by atoms with Crippen molar-refractivity contribution < 1.29 is 37.7 Å². The van der Waals surface area contributed by atoms with E-state index in [0.29, 0.717) is 24.7 Å². The second kappa shape index (κ2) is 326. The van der Waals surface area contributed by atoms with Crippen molar-refractivity contribution in [3.63, 3.8) is 0 Å². The molecule has 0 saturated heterocycles. The first-order valence-electron chi connectivity index (χ1n) is 1.10. The van der Waals surface area contributed by atoms with Gasteiger partial charge in [0.15, 0.2) is 0 Å². The predicted octanol–water partition coefficient (Wildman–Crippen LogP) is -0.904. The van der Waals surface area contributed by atoms with Gasteiger partial charge in [0, 0.05) is 14.2 Å². The molecule has 0 radical (unpaired) electrons. The Hall–Kier alpha value is 0.603. The topological polar surface area (TPSA) is 57.5 Å². The summed E-state index contributed by atoms with van der Waals surface area (Å²) in [6.45, 7) is 0. The van der Waals surface area contributed by atoms with Gasteiger partial charge in [0.05, 0.1) is 0 Å². The summed E-state index contributed by atoms with van der Waals surface area (Å²) in [6, 6.07) is 0. The third-order valence-electron chi connectivity index (χ3n) is 0. The van der Waals surface area contributed by atoms with Crippen molar-refractivity contribution in [3.05, 3.63) is 0 Å². The molecule has 0 amide bonds. The zero-order valence-electron chi connectivity index (χ0n) is 3.80. The summed E-state index contributed by atoms with van der Waals surface area (Å²) < 4.78 is 8.34. The van der Waals surface area contributed by atoms with Gasteiger partial charge in [-0.2, -0.15) is 0 Å². The molecule has 0 aliphatic heterocycles. The summed E-state index contributed by atoms with van der Waals surface area (Å²) in [5.74, 6) is 0. The van der Waals surface area contributed by atoms with E-state index in [1.807, 2.05) is 0 Å². The Balaban J connectivity index is -0.0000000225. The molecule has 0 atom stereocenters. The Bertz CT molecular complexity index is 8.75. The molecule has 0 aliphatic carbocycles. The van der Waals surface area contributed by atoms with Gasteiger partial charge in [-0.3, -0.25) is 0 Å². The maximum atomic E-state index is 8.34. The summed E-state index contributed by atoms with van der Waals surface area (Å²) in [7, 11) is 2.00. The fourth-order valence-corrected chi connectivity index (χ4v) is 0. The van der Waals surface area contributed by atoms with Crippen LogP contribution >= 0.6 is 0 Å². The molecule has 0 aromatic carbocycles. The minimum absolute atomic E-state index is 0.300. The van der Waals surface area contributed by atoms with Crippen LogP contribution in [0, 0.1) is 0 Å². The number of rotatable bonds is 0. The van der Waals surface area contributed by atoms with Crippen molar-refractivity contribution in [3.8, 4) is 0 Å². The zero-order valence-corrected chi connectivity index (χ0v) is 6.26. The van der Waals surface area contributed by atoms with Gasteiger partial charge in [0.1, 0.15) is 0 Å². The van der Waals surface area contributed by atoms with E-state index in [1.165, 1.54) is 0 Å². The van der Waals surface area contributed by atoms with Crippen molar-refractivity contribution in [1.29, 1.82) is 0 Å². The monoisotopic (exact) mass is 170 g/mol. The molecule has 2 N–H and O–H groups in total. The van der Waals surface area contributed by atoms with E-state index in [0.717, 1.165) is 14.2 Å². The van der Waals surface area contributed by atoms with Crippen molar-refractivity contribution in [2.75, 3.05) is 14.2 Å². The summed E-state index contributed by atoms with van der Waals surface area (Å²) >= 11 is 0.300. The van der Waals surface area contributed by atoms with Crippen LogP contribution in [0.4, 0.5) is 0 Å². The van der Waals surface area contributed by atoms with E-state index in [9.17, 15) is 0 Å². The molecule has 0 bridgehead atoms. The van der Waals surface area contributed by atoms with Gasteiger partial charge in [-0.25, -0.2) is 0 Å². The van der Waals surface area contributed by atoms with Gasteiger partial charge >= 0.3 is 27.5 Å². The van der Waals surface area contributed by atoms with Crippen LogP contribution in [0.25, 0.3) is 0 Å². The molecule has 38 valence electrons. The molecule has 3 nitrogen and oxygen atoms in total. The van der Waals surface area contributed by atoms with Gasteiger partial charge in [-0.1, -0.05) is 0 Å². The molecule has 0 fully saturated rings. The molecule has 4 heteroatoms. The predicted molar refractivity (Wildman–Crippen MR) is 17.0 cm³/mol. The molecule has 0 saturated carbocycles. The summed E-state index contributed by atoms with van der Waals surface area (Å²) in [5, 5.41) is 14.0. The fraction of sp³-hybridized carbons (Fsp3) is 1.00. The molecule has 0 heterocycles. The molecule has 0 aliphatic rings. The van der Waals surface area contributed by atoms with Crippen LogP contribution < -0.4 is 0 Å². The van der Waals surface area contributed by atoms with Gasteiger partial charge in [-0.15, -0.1) is 0 Å². The molecule has 6 heavy (non-hydrogen) atoms. The van der Waals surface area contributed by atoms with Crippen LogP contribution in [0.2, 0.25) is 0 Å². The van der Waals surface area contributed by atoms with Crippen molar-refractivity contribution >= 4 is 0 Å². The number of aliphatic hydroxyl groups excluding tert-OH is 2. The Kier molecular flexibility index (Phi) is 869. The average molecular weight is 171 g/mol. The normalized spacial score (nSPS) is 2.50. The van der Waals surface area contributed by atoms with E-state index in [1.54, 1.807) is 0 Å². The molecule has 0 spiro atoms. The van der Waals surface area contributed by atoms with Crippen molar-refractivity contribution in [2.45, 2.75) is 0 Å². The SMILES string of the molecule is CO.CO.[O]=[Zr]. The second-order valence-corrected chi connectivity index (χ2v) is 0. The fourth-order valence-electron chi connectivity index (χ4n) is 0. The summed E-state index contributed by atoms with van der Waals surface area (Å²) in [4.78, 5) is 0. The third-order valence-corrected chi connectivity index (χ3v) is 0. The van der Waals surface area contributed by atoms with Crippen LogP contribution in [0.3, 0.4) is 0 Å². The Morgan fingerprint density at radius 2 is 1.00 bits per heavy atom. The summed E-state index contributed by atoms with van der Waals surface area (Å²) in [6.07, 6.45) is 0. The Morgan fingerprint density at radius 1 is 1.00 bits per heavy atom. The Labute approximate surface area is 52.3 Å². The second-order valence-electron chi connectivity index (χ2n) is 0. The quantitative estimate of drug-likeness (QED) is 0.496. The van der Waals surface area contributed by atoms with Crippen molar-refractivity contribution in [1.82, 2.24) is 0 Å². The van der Waals surface area contributed by atoms with Gasteiger partial charge in [-0.05, 0) is 0 Å². The molecule has 0 unspecified atom stereocenters. The van der Waals surface area contributed by atoms with Crippen LogP contribution in [-0.4, -0.2) is 24.4 Å². The standard InChI is InChI=1S/2CH4O.O.Zr/c2*1-2;;/h2*2H,1H3;;. The van der Waals surface area contributed by atoms with E-state index in [-0.39, 0.29) is 0 Å². The first kappa shape index (κ1) is 16.0. The van der Waals surface area contributed by atoms with E-state index < -0.39 is 0 Å². The van der Waals surface area contributed by atoms with Crippen LogP contribution in [-0.2, 0) is 27.5 Å². The third kappa shape index (κ3) is 164. The van der Waals surface area contributed by atoms with E-state index >= 15 is 0 Å². The molecule has 0 rings (SSSR count). The summed E-state index contributed by atoms with van der Waals surface area (Å²) in [5.41, 5.74) is 0. The van der Waals surface area contributed by atoms with Crippen LogP contribution in [0.5, 0.6) is 0 Å².